The lowest BCUT2D eigenvalue weighted by Crippen LogP contribution is -2.46. The van der Waals surface area contributed by atoms with Gasteiger partial charge in [0.15, 0.2) is 6.29 Å². The van der Waals surface area contributed by atoms with Crippen LogP contribution in [-0.2, 0) is 24.4 Å². The van der Waals surface area contributed by atoms with Crippen LogP contribution in [0.1, 0.15) is 0 Å². The van der Waals surface area contributed by atoms with E-state index in [-0.39, 0.29) is 6.54 Å². The van der Waals surface area contributed by atoms with Crippen molar-refractivity contribution in [2.75, 3.05) is 27.9 Å². The fourth-order valence-electron chi connectivity index (χ4n) is 0.765. The summed E-state index contributed by atoms with van der Waals surface area (Å²) in [5.74, 6) is 0. The predicted octanol–water partition coefficient (Wildman–Crippen LogP) is -1.12. The Morgan fingerprint density at radius 2 is 1.80 bits per heavy atom. The summed E-state index contributed by atoms with van der Waals surface area (Å²) in [6.45, 7) is -0.376. The molecule has 0 rings (SSSR count). The highest BCUT2D eigenvalue weighted by molar-refractivity contribution is 7.87. The highest BCUT2D eigenvalue weighted by Gasteiger charge is 2.28. The molecule has 90 valence electrons. The summed E-state index contributed by atoms with van der Waals surface area (Å²) in [6, 6.07) is 0. The smallest absolute Gasteiger partial charge is 0.424 e. The average Bonchev–Trinajstić information content (AvgIpc) is 2.16. The number of amides is 1. The number of ether oxygens (including phenoxy) is 3. The van der Waals surface area contributed by atoms with Crippen LogP contribution in [0.15, 0.2) is 0 Å². The standard InChI is InChI=1S/C6H14N2O6S/c1-12-5(13-2)4-8(6(9)14-3)15(7,10)11/h5H,4H2,1-3H3,(H2,7,10,11). The van der Waals surface area contributed by atoms with Crippen molar-refractivity contribution < 1.29 is 27.4 Å². The Balaban J connectivity index is 4.74. The van der Waals surface area contributed by atoms with E-state index in [1.165, 1.54) is 14.2 Å². The highest BCUT2D eigenvalue weighted by atomic mass is 32.2. The second-order valence-electron chi connectivity index (χ2n) is 2.45. The fourth-order valence-corrected chi connectivity index (χ4v) is 1.38. The van der Waals surface area contributed by atoms with Gasteiger partial charge in [0.25, 0.3) is 0 Å². The lowest BCUT2D eigenvalue weighted by atomic mass is 10.6. The van der Waals surface area contributed by atoms with Gasteiger partial charge >= 0.3 is 16.3 Å². The first kappa shape index (κ1) is 14.1. The van der Waals surface area contributed by atoms with Gasteiger partial charge in [-0.3, -0.25) is 0 Å². The molecule has 2 N–H and O–H groups in total. The Bertz CT molecular complexity index is 299. The van der Waals surface area contributed by atoms with Gasteiger partial charge in [-0.15, -0.1) is 0 Å². The molecular weight excluding hydrogens is 228 g/mol. The van der Waals surface area contributed by atoms with Crippen molar-refractivity contribution in [1.29, 1.82) is 0 Å². The van der Waals surface area contributed by atoms with E-state index in [9.17, 15) is 13.2 Å². The van der Waals surface area contributed by atoms with Crippen LogP contribution in [0.4, 0.5) is 4.79 Å². The first-order valence-electron chi connectivity index (χ1n) is 3.80. The number of nitrogens with zero attached hydrogens (tertiary/aromatic N) is 1. The highest BCUT2D eigenvalue weighted by Crippen LogP contribution is 2.03. The van der Waals surface area contributed by atoms with E-state index in [4.69, 9.17) is 14.6 Å². The van der Waals surface area contributed by atoms with Crippen LogP contribution < -0.4 is 5.14 Å². The van der Waals surface area contributed by atoms with Crippen molar-refractivity contribution in [1.82, 2.24) is 4.31 Å². The minimum absolute atomic E-state index is 0.310. The van der Waals surface area contributed by atoms with Gasteiger partial charge in [0.2, 0.25) is 0 Å². The van der Waals surface area contributed by atoms with E-state index in [2.05, 4.69) is 4.74 Å². The van der Waals surface area contributed by atoms with Crippen molar-refractivity contribution in [3.63, 3.8) is 0 Å². The number of nitrogens with two attached hydrogens (primary N) is 1. The predicted molar refractivity (Wildman–Crippen MR) is 50.0 cm³/mol. The Kier molecular flexibility index (Phi) is 5.50. The summed E-state index contributed by atoms with van der Waals surface area (Å²) in [5, 5.41) is 4.80. The molecule has 0 aliphatic rings. The molecule has 15 heavy (non-hydrogen) atoms. The summed E-state index contributed by atoms with van der Waals surface area (Å²) in [5.41, 5.74) is 0. The number of carbonyl (C=O) groups excluding carboxylic acids is 1. The molecule has 0 fully saturated rings. The second-order valence-corrected chi connectivity index (χ2v) is 3.92. The van der Waals surface area contributed by atoms with Gasteiger partial charge in [0.1, 0.15) is 0 Å². The van der Waals surface area contributed by atoms with E-state index in [1.54, 1.807) is 0 Å². The van der Waals surface area contributed by atoms with Crippen LogP contribution in [0.2, 0.25) is 0 Å². The van der Waals surface area contributed by atoms with Gasteiger partial charge in [-0.1, -0.05) is 0 Å². The molecule has 0 saturated carbocycles. The third-order valence-corrected chi connectivity index (χ3v) is 2.44. The van der Waals surface area contributed by atoms with Crippen molar-refractivity contribution >= 4 is 16.3 Å². The molecule has 0 atom stereocenters. The third kappa shape index (κ3) is 4.42. The van der Waals surface area contributed by atoms with E-state index in [1.807, 2.05) is 0 Å². The third-order valence-electron chi connectivity index (χ3n) is 1.53. The van der Waals surface area contributed by atoms with Gasteiger partial charge in [-0.2, -0.15) is 12.7 Å². The summed E-state index contributed by atoms with van der Waals surface area (Å²) in [4.78, 5) is 11.1. The fraction of sp³-hybridized carbons (Fsp3) is 0.833. The molecule has 0 unspecified atom stereocenters. The van der Waals surface area contributed by atoms with Gasteiger partial charge in [0.05, 0.1) is 13.7 Å². The Labute approximate surface area is 88.1 Å². The van der Waals surface area contributed by atoms with Gasteiger partial charge < -0.3 is 14.2 Å². The van der Waals surface area contributed by atoms with Crippen molar-refractivity contribution in [2.45, 2.75) is 6.29 Å². The van der Waals surface area contributed by atoms with Crippen LogP contribution in [0.25, 0.3) is 0 Å². The van der Waals surface area contributed by atoms with Crippen molar-refractivity contribution in [3.8, 4) is 0 Å². The second kappa shape index (κ2) is 5.85. The number of hydrogen-bond acceptors (Lipinski definition) is 6. The molecule has 8 nitrogen and oxygen atoms in total. The number of rotatable bonds is 5. The quantitative estimate of drug-likeness (QED) is 0.611. The number of carbonyl (C=O) groups is 1. The lowest BCUT2D eigenvalue weighted by Gasteiger charge is -2.22. The summed E-state index contributed by atoms with van der Waals surface area (Å²) in [7, 11) is -0.559. The molecule has 0 saturated heterocycles. The molecule has 0 spiro atoms. The maximum Gasteiger partial charge on any atom is 0.424 e. The van der Waals surface area contributed by atoms with Gasteiger partial charge in [-0.25, -0.2) is 9.93 Å². The van der Waals surface area contributed by atoms with Crippen LogP contribution in [0.5, 0.6) is 0 Å². The average molecular weight is 242 g/mol. The first-order valence-corrected chi connectivity index (χ1v) is 5.31. The molecule has 9 heteroatoms. The zero-order valence-electron chi connectivity index (χ0n) is 8.67. The summed E-state index contributed by atoms with van der Waals surface area (Å²) in [6.07, 6.45) is -2.00. The van der Waals surface area contributed by atoms with E-state index >= 15 is 0 Å². The molecule has 0 heterocycles. The molecule has 0 aliphatic heterocycles. The zero-order valence-corrected chi connectivity index (χ0v) is 9.48. The SMILES string of the molecule is COC(=O)N(CC(OC)OC)S(N)(=O)=O. The molecule has 0 radical (unpaired) electrons. The van der Waals surface area contributed by atoms with Crippen LogP contribution in [-0.4, -0.2) is 53.0 Å². The van der Waals surface area contributed by atoms with Gasteiger partial charge in [-0.05, 0) is 0 Å². The summed E-state index contributed by atoms with van der Waals surface area (Å²) >= 11 is 0. The molecule has 0 aliphatic carbocycles. The topological polar surface area (TPSA) is 108 Å². The molecule has 0 aromatic heterocycles. The Morgan fingerprint density at radius 3 is 2.07 bits per heavy atom. The molecule has 0 bridgehead atoms. The molecule has 0 aromatic carbocycles. The minimum atomic E-state index is -4.19. The van der Waals surface area contributed by atoms with Crippen LogP contribution in [0, 0.1) is 0 Å². The number of hydrogen-bond donors (Lipinski definition) is 1. The largest absolute Gasteiger partial charge is 0.452 e. The van der Waals surface area contributed by atoms with Crippen molar-refractivity contribution in [3.05, 3.63) is 0 Å². The van der Waals surface area contributed by atoms with Crippen LogP contribution >= 0.6 is 0 Å². The zero-order chi connectivity index (χ0) is 12.1. The lowest BCUT2D eigenvalue weighted by molar-refractivity contribution is -0.106. The minimum Gasteiger partial charge on any atom is -0.452 e. The van der Waals surface area contributed by atoms with E-state index < -0.39 is 22.6 Å². The molecule has 0 aromatic rings. The van der Waals surface area contributed by atoms with E-state index in [0.29, 0.717) is 4.31 Å². The van der Waals surface area contributed by atoms with Crippen LogP contribution in [0.3, 0.4) is 0 Å². The maximum atomic E-state index is 11.1. The van der Waals surface area contributed by atoms with E-state index in [0.717, 1.165) is 7.11 Å². The maximum absolute atomic E-state index is 11.1. The molecular formula is C6H14N2O6S. The summed E-state index contributed by atoms with van der Waals surface area (Å²) < 4.78 is 36.0. The van der Waals surface area contributed by atoms with Gasteiger partial charge in [0, 0.05) is 14.2 Å². The Morgan fingerprint density at radius 1 is 1.33 bits per heavy atom. The first-order chi connectivity index (χ1) is 6.86. The van der Waals surface area contributed by atoms with Crippen molar-refractivity contribution in [2.24, 2.45) is 5.14 Å². The normalized spacial score (nSPS) is 11.5. The number of methoxy groups -OCH3 is 3. The monoisotopic (exact) mass is 242 g/mol. The molecule has 1 amide bonds. The Hall–Kier alpha value is -0.900.